The van der Waals surface area contributed by atoms with Gasteiger partial charge in [-0.1, -0.05) is 35.5 Å². The molecule has 1 aromatic heterocycles. The third-order valence-corrected chi connectivity index (χ3v) is 5.49. The van der Waals surface area contributed by atoms with Crippen molar-refractivity contribution in [1.29, 1.82) is 0 Å². The van der Waals surface area contributed by atoms with Crippen LogP contribution >= 0.6 is 23.4 Å². The number of carbonyl (C=O) groups excluding carboxylic acids is 1. The summed E-state index contributed by atoms with van der Waals surface area (Å²) in [5.41, 5.74) is 0.908. The molecule has 28 heavy (non-hydrogen) atoms. The highest BCUT2D eigenvalue weighted by Gasteiger charge is 2.20. The van der Waals surface area contributed by atoms with Gasteiger partial charge in [-0.2, -0.15) is 0 Å². The Morgan fingerprint density at radius 3 is 2.75 bits per heavy atom. The van der Waals surface area contributed by atoms with Crippen LogP contribution < -0.4 is 15.6 Å². The van der Waals surface area contributed by atoms with Gasteiger partial charge in [-0.05, 0) is 44.2 Å². The molecule has 146 valence electrons. The molecule has 3 rings (SSSR count). The van der Waals surface area contributed by atoms with Gasteiger partial charge in [-0.25, -0.2) is 4.98 Å². The highest BCUT2D eigenvalue weighted by atomic mass is 35.5. The van der Waals surface area contributed by atoms with E-state index in [1.165, 1.54) is 23.4 Å². The van der Waals surface area contributed by atoms with Crippen molar-refractivity contribution in [3.63, 3.8) is 0 Å². The first-order chi connectivity index (χ1) is 13.5. The van der Waals surface area contributed by atoms with Crippen LogP contribution in [0.1, 0.15) is 13.8 Å². The topological polar surface area (TPSA) is 73.2 Å². The van der Waals surface area contributed by atoms with Gasteiger partial charge >= 0.3 is 0 Å². The number of carbonyl (C=O) groups is 1. The number of amides is 1. The highest BCUT2D eigenvalue weighted by Crippen LogP contribution is 2.29. The molecule has 3 aromatic rings. The van der Waals surface area contributed by atoms with E-state index >= 15 is 0 Å². The largest absolute Gasteiger partial charge is 0.495 e. The molecule has 1 heterocycles. The summed E-state index contributed by atoms with van der Waals surface area (Å²) >= 11 is 7.49. The first-order valence-corrected chi connectivity index (χ1v) is 10.0. The van der Waals surface area contributed by atoms with Gasteiger partial charge in [0.1, 0.15) is 5.75 Å². The summed E-state index contributed by atoms with van der Waals surface area (Å²) < 4.78 is 6.68. The Labute approximate surface area is 171 Å². The molecule has 0 aliphatic carbocycles. The van der Waals surface area contributed by atoms with Crippen molar-refractivity contribution >= 4 is 40.2 Å². The molecule has 0 aliphatic rings. The number of nitrogens with one attached hydrogen (secondary N) is 1. The van der Waals surface area contributed by atoms with Gasteiger partial charge < -0.3 is 10.1 Å². The smallest absolute Gasteiger partial charge is 0.266 e. The lowest BCUT2D eigenvalue weighted by atomic mass is 10.2. The van der Waals surface area contributed by atoms with Gasteiger partial charge in [-0.3, -0.25) is 14.2 Å². The van der Waals surface area contributed by atoms with Gasteiger partial charge in [0.2, 0.25) is 5.91 Å². The first-order valence-electron chi connectivity index (χ1n) is 8.76. The third kappa shape index (κ3) is 4.00. The first kappa shape index (κ1) is 20.2. The molecule has 0 bridgehead atoms. The van der Waals surface area contributed by atoms with Crippen molar-refractivity contribution in [2.24, 2.45) is 0 Å². The Hall–Kier alpha value is -2.51. The highest BCUT2D eigenvalue weighted by molar-refractivity contribution is 8.00. The van der Waals surface area contributed by atoms with Crippen LogP contribution in [0.25, 0.3) is 16.6 Å². The summed E-state index contributed by atoms with van der Waals surface area (Å²) in [5.74, 6) is 0.395. The minimum Gasteiger partial charge on any atom is -0.495 e. The van der Waals surface area contributed by atoms with Gasteiger partial charge in [0.05, 0.1) is 34.0 Å². The number of benzene rings is 2. The van der Waals surface area contributed by atoms with Crippen LogP contribution in [0.3, 0.4) is 0 Å². The Morgan fingerprint density at radius 1 is 1.32 bits per heavy atom. The molecule has 1 atom stereocenters. The molecule has 0 unspecified atom stereocenters. The molecule has 0 fully saturated rings. The summed E-state index contributed by atoms with van der Waals surface area (Å²) in [4.78, 5) is 30.1. The molecule has 8 heteroatoms. The SMILES string of the molecule is CCNC(=O)[C@H](C)Sc1nc2ccccc2c(=O)n1-c1ccc(OC)c(Cl)c1. The number of hydrogen-bond acceptors (Lipinski definition) is 5. The zero-order valence-corrected chi connectivity index (χ0v) is 17.3. The zero-order chi connectivity index (χ0) is 20.3. The summed E-state index contributed by atoms with van der Waals surface area (Å²) in [6.07, 6.45) is 0. The molecule has 1 N–H and O–H groups in total. The fourth-order valence-corrected chi connectivity index (χ4v) is 3.95. The number of halogens is 1. The van der Waals surface area contributed by atoms with Gasteiger partial charge in [0.15, 0.2) is 5.16 Å². The van der Waals surface area contributed by atoms with Crippen molar-refractivity contribution in [2.45, 2.75) is 24.3 Å². The standard InChI is InChI=1S/C20H20ClN3O3S/c1-4-22-18(25)12(2)28-20-23-16-8-6-5-7-14(16)19(26)24(20)13-9-10-17(27-3)15(21)11-13/h5-12H,4H2,1-3H3,(H,22,25)/t12-/m0/s1. The van der Waals surface area contributed by atoms with E-state index in [9.17, 15) is 9.59 Å². The lowest BCUT2D eigenvalue weighted by Gasteiger charge is -2.16. The number of nitrogens with zero attached hydrogens (tertiary/aromatic N) is 2. The molecule has 0 saturated carbocycles. The number of ether oxygens (including phenoxy) is 1. The van der Waals surface area contributed by atoms with E-state index in [1.54, 1.807) is 43.3 Å². The number of thioether (sulfide) groups is 1. The Bertz CT molecular complexity index is 1080. The summed E-state index contributed by atoms with van der Waals surface area (Å²) in [6.45, 7) is 4.18. The Balaban J connectivity index is 2.18. The predicted molar refractivity (Wildman–Crippen MR) is 113 cm³/mol. The van der Waals surface area contributed by atoms with E-state index in [0.717, 1.165) is 0 Å². The zero-order valence-electron chi connectivity index (χ0n) is 15.7. The van der Waals surface area contributed by atoms with Gasteiger partial charge in [0, 0.05) is 6.54 Å². The van der Waals surface area contributed by atoms with Crippen LogP contribution in [0.5, 0.6) is 5.75 Å². The summed E-state index contributed by atoms with van der Waals surface area (Å²) in [7, 11) is 1.53. The number of para-hydroxylation sites is 1. The van der Waals surface area contributed by atoms with Crippen LogP contribution in [0.15, 0.2) is 52.4 Å². The van der Waals surface area contributed by atoms with E-state index in [2.05, 4.69) is 10.3 Å². The number of fused-ring (bicyclic) bond motifs is 1. The molecule has 0 radical (unpaired) electrons. The van der Waals surface area contributed by atoms with E-state index < -0.39 is 5.25 Å². The summed E-state index contributed by atoms with van der Waals surface area (Å²) in [6, 6.07) is 12.2. The molecule has 0 aliphatic heterocycles. The predicted octanol–water partition coefficient (Wildman–Crippen LogP) is 3.66. The van der Waals surface area contributed by atoms with E-state index in [0.29, 0.717) is 39.1 Å². The van der Waals surface area contributed by atoms with Crippen LogP contribution in [-0.2, 0) is 4.79 Å². The monoisotopic (exact) mass is 417 g/mol. The minimum atomic E-state index is -0.423. The maximum atomic E-state index is 13.2. The quantitative estimate of drug-likeness (QED) is 0.489. The fraction of sp³-hybridized carbons (Fsp3) is 0.250. The molecule has 0 saturated heterocycles. The van der Waals surface area contributed by atoms with E-state index in [4.69, 9.17) is 16.3 Å². The second-order valence-corrected chi connectivity index (χ2v) is 7.74. The van der Waals surface area contributed by atoms with Crippen LogP contribution in [0.2, 0.25) is 5.02 Å². The van der Waals surface area contributed by atoms with Crippen molar-refractivity contribution in [3.05, 3.63) is 57.8 Å². The molecular weight excluding hydrogens is 398 g/mol. The number of aromatic nitrogens is 2. The second-order valence-electron chi connectivity index (χ2n) is 6.03. The van der Waals surface area contributed by atoms with Crippen LogP contribution in [0, 0.1) is 0 Å². The molecule has 6 nitrogen and oxygen atoms in total. The molecule has 2 aromatic carbocycles. The Morgan fingerprint density at radius 2 is 2.07 bits per heavy atom. The van der Waals surface area contributed by atoms with Crippen molar-refractivity contribution in [3.8, 4) is 11.4 Å². The second kappa shape index (κ2) is 8.67. The Kier molecular flexibility index (Phi) is 6.26. The fourth-order valence-electron chi connectivity index (χ4n) is 2.74. The molecule has 1 amide bonds. The summed E-state index contributed by atoms with van der Waals surface area (Å²) in [5, 5.41) is 3.66. The van der Waals surface area contributed by atoms with Crippen molar-refractivity contribution in [1.82, 2.24) is 14.9 Å². The maximum Gasteiger partial charge on any atom is 0.266 e. The van der Waals surface area contributed by atoms with Crippen molar-refractivity contribution in [2.75, 3.05) is 13.7 Å². The number of methoxy groups -OCH3 is 1. The molecular formula is C20H20ClN3O3S. The van der Waals surface area contributed by atoms with E-state index in [1.807, 2.05) is 13.0 Å². The average Bonchev–Trinajstić information content (AvgIpc) is 2.68. The third-order valence-electron chi connectivity index (χ3n) is 4.14. The lowest BCUT2D eigenvalue weighted by Crippen LogP contribution is -2.31. The van der Waals surface area contributed by atoms with Crippen LogP contribution in [-0.4, -0.2) is 34.4 Å². The lowest BCUT2D eigenvalue weighted by molar-refractivity contribution is -0.120. The van der Waals surface area contributed by atoms with Crippen molar-refractivity contribution < 1.29 is 9.53 Å². The van der Waals surface area contributed by atoms with Crippen LogP contribution in [0.4, 0.5) is 0 Å². The minimum absolute atomic E-state index is 0.116. The average molecular weight is 418 g/mol. The maximum absolute atomic E-state index is 13.2. The number of hydrogen-bond donors (Lipinski definition) is 1. The van der Waals surface area contributed by atoms with Gasteiger partial charge in [-0.15, -0.1) is 0 Å². The number of rotatable bonds is 6. The molecule has 0 spiro atoms. The van der Waals surface area contributed by atoms with Gasteiger partial charge in [0.25, 0.3) is 5.56 Å². The normalized spacial score (nSPS) is 12.0. The van der Waals surface area contributed by atoms with E-state index in [-0.39, 0.29) is 11.5 Å².